The molecule has 88 valence electrons. The predicted molar refractivity (Wildman–Crippen MR) is 57.2 cm³/mol. The number of nitrogens with one attached hydrogen (secondary N) is 1. The van der Waals surface area contributed by atoms with Crippen LogP contribution in [0.5, 0.6) is 0 Å². The van der Waals surface area contributed by atoms with Gasteiger partial charge in [0.2, 0.25) is 0 Å². The summed E-state index contributed by atoms with van der Waals surface area (Å²) in [7, 11) is 0. The highest BCUT2D eigenvalue weighted by Crippen LogP contribution is 2.28. The maximum Gasteiger partial charge on any atom is 0.159 e. The summed E-state index contributed by atoms with van der Waals surface area (Å²) in [6.45, 7) is 0.884. The van der Waals surface area contributed by atoms with Gasteiger partial charge in [-0.05, 0) is 37.1 Å². The fraction of sp³-hybridized carbons (Fsp3) is 0.500. The van der Waals surface area contributed by atoms with Crippen molar-refractivity contribution in [3.63, 3.8) is 0 Å². The van der Waals surface area contributed by atoms with Gasteiger partial charge in [0.05, 0.1) is 6.61 Å². The van der Waals surface area contributed by atoms with Crippen molar-refractivity contribution in [1.82, 2.24) is 5.32 Å². The van der Waals surface area contributed by atoms with Crippen LogP contribution in [0.25, 0.3) is 0 Å². The smallest absolute Gasteiger partial charge is 0.159 e. The van der Waals surface area contributed by atoms with Crippen molar-refractivity contribution in [2.45, 2.75) is 24.8 Å². The van der Waals surface area contributed by atoms with Gasteiger partial charge < -0.3 is 10.4 Å². The molecule has 0 amide bonds. The van der Waals surface area contributed by atoms with E-state index in [4.69, 9.17) is 0 Å². The SMILES string of the molecule is OCC1NCCCC1c1ccc(F)c(F)c1. The number of aliphatic hydroxyl groups excluding tert-OH is 1. The monoisotopic (exact) mass is 227 g/mol. The van der Waals surface area contributed by atoms with Gasteiger partial charge in [0.15, 0.2) is 11.6 Å². The molecule has 16 heavy (non-hydrogen) atoms. The second-order valence-electron chi connectivity index (χ2n) is 4.17. The summed E-state index contributed by atoms with van der Waals surface area (Å²) in [4.78, 5) is 0. The fourth-order valence-corrected chi connectivity index (χ4v) is 2.29. The first-order valence-electron chi connectivity index (χ1n) is 5.51. The average molecular weight is 227 g/mol. The van der Waals surface area contributed by atoms with Gasteiger partial charge in [0.1, 0.15) is 0 Å². The second kappa shape index (κ2) is 4.89. The largest absolute Gasteiger partial charge is 0.395 e. The van der Waals surface area contributed by atoms with Gasteiger partial charge in [-0.1, -0.05) is 6.07 Å². The lowest BCUT2D eigenvalue weighted by Gasteiger charge is -2.31. The summed E-state index contributed by atoms with van der Waals surface area (Å²) in [5.41, 5.74) is 0.755. The quantitative estimate of drug-likeness (QED) is 0.807. The van der Waals surface area contributed by atoms with Crippen molar-refractivity contribution in [2.75, 3.05) is 13.2 Å². The van der Waals surface area contributed by atoms with E-state index in [2.05, 4.69) is 5.32 Å². The van der Waals surface area contributed by atoms with Crippen LogP contribution in [-0.4, -0.2) is 24.3 Å². The molecule has 0 radical (unpaired) electrons. The summed E-state index contributed by atoms with van der Waals surface area (Å²) >= 11 is 0. The molecule has 2 rings (SSSR count). The highest BCUT2D eigenvalue weighted by molar-refractivity contribution is 5.24. The number of piperidine rings is 1. The average Bonchev–Trinajstić information content (AvgIpc) is 2.32. The molecule has 1 saturated heterocycles. The van der Waals surface area contributed by atoms with Crippen LogP contribution in [0.4, 0.5) is 8.78 Å². The predicted octanol–water partition coefficient (Wildman–Crippen LogP) is 1.79. The van der Waals surface area contributed by atoms with E-state index >= 15 is 0 Å². The molecule has 2 unspecified atom stereocenters. The normalized spacial score (nSPS) is 25.7. The van der Waals surface area contributed by atoms with Crippen molar-refractivity contribution in [2.24, 2.45) is 0 Å². The van der Waals surface area contributed by atoms with Crippen LogP contribution in [-0.2, 0) is 0 Å². The van der Waals surface area contributed by atoms with E-state index in [0.29, 0.717) is 0 Å². The summed E-state index contributed by atoms with van der Waals surface area (Å²) in [5, 5.41) is 12.4. The summed E-state index contributed by atoms with van der Waals surface area (Å²) < 4.78 is 25.9. The number of rotatable bonds is 2. The lowest BCUT2D eigenvalue weighted by atomic mass is 9.85. The first-order chi connectivity index (χ1) is 7.72. The Morgan fingerprint density at radius 2 is 2.12 bits per heavy atom. The van der Waals surface area contributed by atoms with Crippen LogP contribution in [0.15, 0.2) is 18.2 Å². The zero-order valence-corrected chi connectivity index (χ0v) is 8.92. The van der Waals surface area contributed by atoms with E-state index in [9.17, 15) is 13.9 Å². The van der Waals surface area contributed by atoms with E-state index in [1.165, 1.54) is 6.07 Å². The Morgan fingerprint density at radius 1 is 1.31 bits per heavy atom. The maximum atomic E-state index is 13.1. The van der Waals surface area contributed by atoms with Gasteiger partial charge in [0, 0.05) is 12.0 Å². The molecule has 0 spiro atoms. The fourth-order valence-electron chi connectivity index (χ4n) is 2.29. The Balaban J connectivity index is 2.23. The zero-order chi connectivity index (χ0) is 11.5. The molecule has 1 fully saturated rings. The van der Waals surface area contributed by atoms with Crippen molar-refractivity contribution < 1.29 is 13.9 Å². The molecule has 0 aliphatic carbocycles. The Labute approximate surface area is 93.3 Å². The van der Waals surface area contributed by atoms with Crippen LogP contribution in [0.3, 0.4) is 0 Å². The number of aliphatic hydroxyl groups is 1. The minimum Gasteiger partial charge on any atom is -0.395 e. The van der Waals surface area contributed by atoms with E-state index in [1.54, 1.807) is 6.07 Å². The molecule has 0 bridgehead atoms. The Kier molecular flexibility index (Phi) is 3.51. The van der Waals surface area contributed by atoms with Crippen molar-refractivity contribution in [3.8, 4) is 0 Å². The molecule has 4 heteroatoms. The van der Waals surface area contributed by atoms with E-state index < -0.39 is 11.6 Å². The lowest BCUT2D eigenvalue weighted by Crippen LogP contribution is -2.42. The number of benzene rings is 1. The molecule has 1 aliphatic rings. The summed E-state index contributed by atoms with van der Waals surface area (Å²) in [5.74, 6) is -1.58. The minimum atomic E-state index is -0.826. The Bertz CT molecular complexity index is 370. The highest BCUT2D eigenvalue weighted by Gasteiger charge is 2.25. The molecule has 1 aliphatic heterocycles. The molecule has 2 atom stereocenters. The molecule has 0 aromatic heterocycles. The molecular formula is C12H15F2NO. The molecule has 2 nitrogen and oxygen atoms in total. The Morgan fingerprint density at radius 3 is 2.81 bits per heavy atom. The van der Waals surface area contributed by atoms with Crippen LogP contribution in [0, 0.1) is 11.6 Å². The van der Waals surface area contributed by atoms with Crippen LogP contribution in [0.1, 0.15) is 24.3 Å². The summed E-state index contributed by atoms with van der Waals surface area (Å²) in [6, 6.07) is 3.92. The molecule has 1 heterocycles. The third-order valence-corrected chi connectivity index (χ3v) is 3.15. The van der Waals surface area contributed by atoms with Gasteiger partial charge in [-0.3, -0.25) is 0 Å². The minimum absolute atomic E-state index is 0.0175. The van der Waals surface area contributed by atoms with Crippen molar-refractivity contribution >= 4 is 0 Å². The van der Waals surface area contributed by atoms with Crippen molar-refractivity contribution in [1.29, 1.82) is 0 Å². The van der Waals surface area contributed by atoms with Crippen LogP contribution >= 0.6 is 0 Å². The molecule has 1 aromatic rings. The first-order valence-corrected chi connectivity index (χ1v) is 5.51. The maximum absolute atomic E-state index is 13.1. The van der Waals surface area contributed by atoms with E-state index in [1.807, 2.05) is 0 Å². The van der Waals surface area contributed by atoms with Gasteiger partial charge in [-0.15, -0.1) is 0 Å². The lowest BCUT2D eigenvalue weighted by molar-refractivity contribution is 0.201. The Hall–Kier alpha value is -1.00. The second-order valence-corrected chi connectivity index (χ2v) is 4.17. The first kappa shape index (κ1) is 11.5. The molecule has 0 saturated carbocycles. The molecule has 2 N–H and O–H groups in total. The van der Waals surface area contributed by atoms with Gasteiger partial charge in [0.25, 0.3) is 0 Å². The topological polar surface area (TPSA) is 32.3 Å². The van der Waals surface area contributed by atoms with Crippen LogP contribution < -0.4 is 5.32 Å². The standard InChI is InChI=1S/C12H15F2NO/c13-10-4-3-8(6-11(10)14)9-2-1-5-15-12(9)7-16/h3-4,6,9,12,15-16H,1-2,5,7H2. The molecular weight excluding hydrogens is 212 g/mol. The third-order valence-electron chi connectivity index (χ3n) is 3.15. The number of hydrogen-bond acceptors (Lipinski definition) is 2. The van der Waals surface area contributed by atoms with E-state index in [0.717, 1.165) is 31.0 Å². The molecule has 1 aromatic carbocycles. The van der Waals surface area contributed by atoms with Gasteiger partial charge in [-0.2, -0.15) is 0 Å². The highest BCUT2D eigenvalue weighted by atomic mass is 19.2. The number of hydrogen-bond donors (Lipinski definition) is 2. The van der Waals surface area contributed by atoms with Crippen LogP contribution in [0.2, 0.25) is 0 Å². The third kappa shape index (κ3) is 2.23. The van der Waals surface area contributed by atoms with Gasteiger partial charge >= 0.3 is 0 Å². The number of halogens is 2. The summed E-state index contributed by atoms with van der Waals surface area (Å²) in [6.07, 6.45) is 1.88. The van der Waals surface area contributed by atoms with Crippen molar-refractivity contribution in [3.05, 3.63) is 35.4 Å². The van der Waals surface area contributed by atoms with Gasteiger partial charge in [-0.25, -0.2) is 8.78 Å². The zero-order valence-electron chi connectivity index (χ0n) is 8.92. The van der Waals surface area contributed by atoms with E-state index in [-0.39, 0.29) is 18.6 Å².